The van der Waals surface area contributed by atoms with Crippen LogP contribution in [0, 0.1) is 10.1 Å². The van der Waals surface area contributed by atoms with Gasteiger partial charge in [-0.1, -0.05) is 0 Å². The fourth-order valence-corrected chi connectivity index (χ4v) is 3.30. The zero-order valence-electron chi connectivity index (χ0n) is 19.6. The molecule has 36 heavy (non-hydrogen) atoms. The first-order valence-corrected chi connectivity index (χ1v) is 10.9. The molecule has 0 aliphatic carbocycles. The summed E-state index contributed by atoms with van der Waals surface area (Å²) in [5.74, 6) is 0.897. The number of aromatic nitrogens is 3. The van der Waals surface area contributed by atoms with Crippen LogP contribution in [0.5, 0.6) is 11.8 Å². The summed E-state index contributed by atoms with van der Waals surface area (Å²) in [5.41, 5.74) is 2.27. The number of nitrogens with zero attached hydrogens (tertiary/aromatic N) is 4. The van der Waals surface area contributed by atoms with Crippen LogP contribution in [0.25, 0.3) is 17.1 Å². The third-order valence-corrected chi connectivity index (χ3v) is 5.16. The third-order valence-electron chi connectivity index (χ3n) is 5.16. The van der Waals surface area contributed by atoms with Crippen LogP contribution >= 0.6 is 0 Å². The quantitative estimate of drug-likeness (QED) is 0.200. The molecule has 1 aromatic heterocycles. The summed E-state index contributed by atoms with van der Waals surface area (Å²) in [6.07, 6.45) is 0. The summed E-state index contributed by atoms with van der Waals surface area (Å²) in [6.45, 7) is 0.700. The first kappa shape index (κ1) is 24.4. The highest BCUT2D eigenvalue weighted by Gasteiger charge is 2.16. The summed E-state index contributed by atoms with van der Waals surface area (Å²) in [7, 11) is 3.18. The smallest absolute Gasteiger partial charge is 0.336 e. The highest BCUT2D eigenvalue weighted by Crippen LogP contribution is 2.26. The second-order valence-corrected chi connectivity index (χ2v) is 7.50. The number of nitro benzene ring substituents is 1. The number of nitrogens with one attached hydrogen (secondary N) is 1. The normalized spacial score (nSPS) is 10.6. The molecule has 0 saturated heterocycles. The van der Waals surface area contributed by atoms with Crippen molar-refractivity contribution in [3.8, 4) is 28.8 Å². The molecule has 0 unspecified atom stereocenters. The van der Waals surface area contributed by atoms with E-state index in [-0.39, 0.29) is 17.6 Å². The lowest BCUT2D eigenvalue weighted by Crippen LogP contribution is -2.12. The van der Waals surface area contributed by atoms with Crippen molar-refractivity contribution < 1.29 is 23.9 Å². The zero-order chi connectivity index (χ0) is 25.5. The van der Waals surface area contributed by atoms with Crippen LogP contribution in [0.4, 0.5) is 11.4 Å². The molecule has 0 fully saturated rings. The first-order chi connectivity index (χ1) is 17.5. The summed E-state index contributed by atoms with van der Waals surface area (Å²) >= 11 is 0. The Kier molecular flexibility index (Phi) is 7.51. The van der Waals surface area contributed by atoms with Gasteiger partial charge in [-0.25, -0.2) is 4.68 Å². The number of nitro groups is 1. The molecule has 0 atom stereocenters. The van der Waals surface area contributed by atoms with Gasteiger partial charge in [-0.2, -0.15) is 4.98 Å². The van der Waals surface area contributed by atoms with Gasteiger partial charge in [0.25, 0.3) is 11.6 Å². The standard InChI is InChI=1S/C25H23N5O6/c1-34-15-16-36-25-27-23(17-5-13-22(35-2)14-6-17)29(28-25)20-11-7-19(8-12-20)26-24(31)18-3-9-21(10-4-18)30(32)33/h3-14H,15-16H2,1-2H3,(H,26,31). The maximum absolute atomic E-state index is 12.5. The fraction of sp³-hybridized carbons (Fsp3) is 0.160. The van der Waals surface area contributed by atoms with Crippen LogP contribution in [0.1, 0.15) is 10.4 Å². The first-order valence-electron chi connectivity index (χ1n) is 10.9. The number of anilines is 1. The maximum Gasteiger partial charge on any atom is 0.336 e. The van der Waals surface area contributed by atoms with E-state index in [1.807, 2.05) is 24.3 Å². The lowest BCUT2D eigenvalue weighted by molar-refractivity contribution is -0.384. The Morgan fingerprint density at radius 1 is 0.972 bits per heavy atom. The van der Waals surface area contributed by atoms with E-state index in [1.54, 1.807) is 43.2 Å². The Bertz CT molecular complexity index is 1340. The largest absolute Gasteiger partial charge is 0.497 e. The maximum atomic E-state index is 12.5. The number of rotatable bonds is 10. The topological polar surface area (TPSA) is 131 Å². The summed E-state index contributed by atoms with van der Waals surface area (Å²) in [5, 5.41) is 18.1. The molecule has 4 aromatic rings. The van der Waals surface area contributed by atoms with Crippen LogP contribution in [0.2, 0.25) is 0 Å². The molecule has 1 N–H and O–H groups in total. The molecule has 0 bridgehead atoms. The van der Waals surface area contributed by atoms with E-state index in [0.717, 1.165) is 11.3 Å². The molecule has 0 aliphatic heterocycles. The van der Waals surface area contributed by atoms with E-state index in [1.165, 1.54) is 24.3 Å². The number of hydrogen-bond donors (Lipinski definition) is 1. The molecule has 1 heterocycles. The van der Waals surface area contributed by atoms with Crippen molar-refractivity contribution in [1.82, 2.24) is 14.8 Å². The summed E-state index contributed by atoms with van der Waals surface area (Å²) in [6, 6.07) is 20.0. The van der Waals surface area contributed by atoms with Crippen molar-refractivity contribution in [3.05, 3.63) is 88.5 Å². The Hall–Kier alpha value is -4.77. The van der Waals surface area contributed by atoms with Crippen LogP contribution < -0.4 is 14.8 Å². The van der Waals surface area contributed by atoms with Gasteiger partial charge in [0.05, 0.1) is 24.3 Å². The summed E-state index contributed by atoms with van der Waals surface area (Å²) in [4.78, 5) is 27.3. The molecule has 4 rings (SSSR count). The van der Waals surface area contributed by atoms with Crippen LogP contribution in [0.3, 0.4) is 0 Å². The molecule has 0 aliphatic rings. The predicted molar refractivity (Wildman–Crippen MR) is 132 cm³/mol. The number of ether oxygens (including phenoxy) is 3. The van der Waals surface area contributed by atoms with E-state index in [2.05, 4.69) is 15.4 Å². The minimum atomic E-state index is -0.515. The van der Waals surface area contributed by atoms with Gasteiger partial charge in [-0.3, -0.25) is 14.9 Å². The van der Waals surface area contributed by atoms with E-state index >= 15 is 0 Å². The molecule has 3 aromatic carbocycles. The Balaban J connectivity index is 1.56. The van der Waals surface area contributed by atoms with Crippen molar-refractivity contribution in [2.45, 2.75) is 0 Å². The van der Waals surface area contributed by atoms with E-state index in [9.17, 15) is 14.9 Å². The Morgan fingerprint density at radius 3 is 2.28 bits per heavy atom. The predicted octanol–water partition coefficient (Wildman–Crippen LogP) is 4.13. The monoisotopic (exact) mass is 489 g/mol. The van der Waals surface area contributed by atoms with Crippen LogP contribution in [-0.4, -0.2) is 53.0 Å². The van der Waals surface area contributed by atoms with Gasteiger partial charge in [0, 0.05) is 36.1 Å². The lowest BCUT2D eigenvalue weighted by Gasteiger charge is -2.09. The molecular formula is C25H23N5O6. The van der Waals surface area contributed by atoms with Crippen molar-refractivity contribution >= 4 is 17.3 Å². The van der Waals surface area contributed by atoms with Gasteiger partial charge in [0.15, 0.2) is 5.82 Å². The molecule has 11 nitrogen and oxygen atoms in total. The molecule has 11 heteroatoms. The molecular weight excluding hydrogens is 466 g/mol. The molecule has 0 radical (unpaired) electrons. The number of hydrogen-bond acceptors (Lipinski definition) is 8. The van der Waals surface area contributed by atoms with Crippen molar-refractivity contribution in [3.63, 3.8) is 0 Å². The van der Waals surface area contributed by atoms with E-state index in [4.69, 9.17) is 14.2 Å². The van der Waals surface area contributed by atoms with Gasteiger partial charge in [-0.15, -0.1) is 5.10 Å². The van der Waals surface area contributed by atoms with Gasteiger partial charge in [-0.05, 0) is 60.7 Å². The van der Waals surface area contributed by atoms with Crippen molar-refractivity contribution in [2.75, 3.05) is 32.8 Å². The third kappa shape index (κ3) is 5.65. The zero-order valence-corrected chi connectivity index (χ0v) is 19.6. The van der Waals surface area contributed by atoms with Crippen molar-refractivity contribution in [2.24, 2.45) is 0 Å². The number of benzene rings is 3. The number of non-ortho nitro benzene ring substituents is 1. The van der Waals surface area contributed by atoms with Gasteiger partial charge < -0.3 is 19.5 Å². The Labute approximate surface area is 206 Å². The minimum Gasteiger partial charge on any atom is -0.497 e. The van der Waals surface area contributed by atoms with E-state index < -0.39 is 4.92 Å². The van der Waals surface area contributed by atoms with Gasteiger partial charge in [0.2, 0.25) is 0 Å². The van der Waals surface area contributed by atoms with Gasteiger partial charge >= 0.3 is 6.01 Å². The van der Waals surface area contributed by atoms with Crippen LogP contribution in [-0.2, 0) is 4.74 Å². The molecule has 184 valence electrons. The molecule has 1 amide bonds. The molecule has 0 spiro atoms. The Morgan fingerprint density at radius 2 is 1.67 bits per heavy atom. The minimum absolute atomic E-state index is 0.0815. The van der Waals surface area contributed by atoms with Crippen LogP contribution in [0.15, 0.2) is 72.8 Å². The number of amides is 1. The summed E-state index contributed by atoms with van der Waals surface area (Å²) < 4.78 is 17.5. The fourth-order valence-electron chi connectivity index (χ4n) is 3.30. The SMILES string of the molecule is COCCOc1nc(-c2ccc(OC)cc2)n(-c2ccc(NC(=O)c3ccc([N+](=O)[O-])cc3)cc2)n1. The number of methoxy groups -OCH3 is 2. The average Bonchev–Trinajstić information content (AvgIpc) is 3.33. The second kappa shape index (κ2) is 11.1. The lowest BCUT2D eigenvalue weighted by atomic mass is 10.2. The van der Waals surface area contributed by atoms with Gasteiger partial charge in [0.1, 0.15) is 12.4 Å². The second-order valence-electron chi connectivity index (χ2n) is 7.50. The average molecular weight is 489 g/mol. The highest BCUT2D eigenvalue weighted by molar-refractivity contribution is 6.04. The number of carbonyl (C=O) groups excluding carboxylic acids is 1. The van der Waals surface area contributed by atoms with Crippen molar-refractivity contribution in [1.29, 1.82) is 0 Å². The number of carbonyl (C=O) groups is 1. The highest BCUT2D eigenvalue weighted by atomic mass is 16.6. The van der Waals surface area contributed by atoms with E-state index in [0.29, 0.717) is 36.0 Å². The molecule has 0 saturated carbocycles.